The summed E-state index contributed by atoms with van der Waals surface area (Å²) in [5.74, 6) is 0. The summed E-state index contributed by atoms with van der Waals surface area (Å²) in [5.41, 5.74) is 1.46. The van der Waals surface area contributed by atoms with Gasteiger partial charge in [0, 0.05) is 19.2 Å². The van der Waals surface area contributed by atoms with E-state index >= 15 is 0 Å². The van der Waals surface area contributed by atoms with Crippen LogP contribution in [0.4, 0.5) is 0 Å². The van der Waals surface area contributed by atoms with Crippen LogP contribution in [-0.4, -0.2) is 17.8 Å². The maximum absolute atomic E-state index is 9.06. The molecular weight excluding hydrogens is 198 g/mol. The molecule has 2 heteroatoms. The number of benzene rings is 1. The number of hydrogen-bond acceptors (Lipinski definition) is 2. The summed E-state index contributed by atoms with van der Waals surface area (Å²) in [7, 11) is 0. The molecule has 1 atom stereocenters. The first-order valence-electron chi connectivity index (χ1n) is 5.92. The van der Waals surface area contributed by atoms with Crippen LogP contribution < -0.4 is 5.32 Å². The lowest BCUT2D eigenvalue weighted by Crippen LogP contribution is -2.40. The van der Waals surface area contributed by atoms with E-state index in [9.17, 15) is 0 Å². The summed E-state index contributed by atoms with van der Waals surface area (Å²) in [5, 5.41) is 12.6. The second-order valence-corrected chi connectivity index (χ2v) is 5.30. The zero-order chi connectivity index (χ0) is 12.0. The zero-order valence-electron chi connectivity index (χ0n) is 10.5. The number of aliphatic hydroxyl groups is 1. The molecule has 0 aliphatic carbocycles. The van der Waals surface area contributed by atoms with Gasteiger partial charge in [0.2, 0.25) is 0 Å². The average molecular weight is 221 g/mol. The average Bonchev–Trinajstić information content (AvgIpc) is 2.24. The first-order valence-corrected chi connectivity index (χ1v) is 5.92. The molecule has 2 N–H and O–H groups in total. The third-order valence-electron chi connectivity index (χ3n) is 2.86. The van der Waals surface area contributed by atoms with E-state index < -0.39 is 0 Å². The Morgan fingerprint density at radius 3 is 2.31 bits per heavy atom. The topological polar surface area (TPSA) is 32.3 Å². The molecule has 0 heterocycles. The van der Waals surface area contributed by atoms with E-state index in [0.29, 0.717) is 6.04 Å². The molecule has 0 fully saturated rings. The first-order chi connectivity index (χ1) is 7.54. The van der Waals surface area contributed by atoms with Gasteiger partial charge < -0.3 is 10.4 Å². The Hall–Kier alpha value is -0.860. The van der Waals surface area contributed by atoms with Crippen LogP contribution in [0, 0.1) is 5.41 Å². The van der Waals surface area contributed by atoms with E-state index in [4.69, 9.17) is 5.11 Å². The number of aliphatic hydroxyl groups excluding tert-OH is 1. The highest BCUT2D eigenvalue weighted by Gasteiger charge is 2.23. The lowest BCUT2D eigenvalue weighted by Gasteiger charge is -2.31. The highest BCUT2D eigenvalue weighted by Crippen LogP contribution is 2.21. The first kappa shape index (κ1) is 13.2. The smallest absolute Gasteiger partial charge is 0.0446 e. The second kappa shape index (κ2) is 6.02. The molecular formula is C14H23NO. The van der Waals surface area contributed by atoms with Crippen molar-refractivity contribution < 1.29 is 5.11 Å². The Morgan fingerprint density at radius 2 is 1.81 bits per heavy atom. The van der Waals surface area contributed by atoms with Gasteiger partial charge in [-0.25, -0.2) is 0 Å². The van der Waals surface area contributed by atoms with Crippen molar-refractivity contribution in [1.82, 2.24) is 5.32 Å². The van der Waals surface area contributed by atoms with Gasteiger partial charge in [0.1, 0.15) is 0 Å². The van der Waals surface area contributed by atoms with E-state index in [1.165, 1.54) is 5.56 Å². The van der Waals surface area contributed by atoms with Crippen molar-refractivity contribution in [2.24, 2.45) is 5.41 Å². The molecule has 0 amide bonds. The normalized spacial score (nSPS) is 13.8. The Kier molecular flexibility index (Phi) is 4.97. The molecule has 1 unspecified atom stereocenters. The Bertz CT molecular complexity index is 289. The summed E-state index contributed by atoms with van der Waals surface area (Å²) in [6.45, 7) is 7.70. The van der Waals surface area contributed by atoms with E-state index in [-0.39, 0.29) is 12.0 Å². The van der Waals surface area contributed by atoms with Crippen molar-refractivity contribution in [1.29, 1.82) is 0 Å². The van der Waals surface area contributed by atoms with Gasteiger partial charge in [-0.2, -0.15) is 0 Å². The van der Waals surface area contributed by atoms with Crippen molar-refractivity contribution in [2.45, 2.75) is 39.8 Å². The van der Waals surface area contributed by atoms with Crippen molar-refractivity contribution in [3.8, 4) is 0 Å². The monoisotopic (exact) mass is 221 g/mol. The van der Waals surface area contributed by atoms with E-state index in [1.807, 2.05) is 6.07 Å². The fourth-order valence-electron chi connectivity index (χ4n) is 1.81. The Morgan fingerprint density at radius 1 is 1.19 bits per heavy atom. The van der Waals surface area contributed by atoms with Gasteiger partial charge in [-0.3, -0.25) is 0 Å². The number of hydrogen-bond donors (Lipinski definition) is 2. The quantitative estimate of drug-likeness (QED) is 0.801. The molecule has 16 heavy (non-hydrogen) atoms. The van der Waals surface area contributed by atoms with E-state index in [2.05, 4.69) is 50.4 Å². The molecule has 0 bridgehead atoms. The summed E-state index contributed by atoms with van der Waals surface area (Å²) in [6, 6.07) is 10.7. The number of rotatable bonds is 5. The van der Waals surface area contributed by atoms with Crippen LogP contribution in [0.3, 0.4) is 0 Å². The lowest BCUT2D eigenvalue weighted by molar-refractivity contribution is 0.196. The van der Waals surface area contributed by atoms with Crippen LogP contribution in [0.2, 0.25) is 0 Å². The maximum atomic E-state index is 9.06. The zero-order valence-corrected chi connectivity index (χ0v) is 10.5. The minimum atomic E-state index is 0.178. The fourth-order valence-corrected chi connectivity index (χ4v) is 1.81. The predicted molar refractivity (Wildman–Crippen MR) is 68.2 cm³/mol. The molecule has 1 rings (SSSR count). The van der Waals surface area contributed by atoms with Crippen molar-refractivity contribution >= 4 is 0 Å². The highest BCUT2D eigenvalue weighted by molar-refractivity contribution is 5.14. The van der Waals surface area contributed by atoms with Gasteiger partial charge in [0.15, 0.2) is 0 Å². The Balaban J connectivity index is 2.51. The largest absolute Gasteiger partial charge is 0.396 e. The second-order valence-electron chi connectivity index (χ2n) is 5.30. The summed E-state index contributed by atoms with van der Waals surface area (Å²) < 4.78 is 0. The van der Waals surface area contributed by atoms with Gasteiger partial charge >= 0.3 is 0 Å². The van der Waals surface area contributed by atoms with Crippen molar-refractivity contribution in [2.75, 3.05) is 6.61 Å². The van der Waals surface area contributed by atoms with Crippen LogP contribution in [0.25, 0.3) is 0 Å². The van der Waals surface area contributed by atoms with E-state index in [0.717, 1.165) is 13.0 Å². The molecule has 0 radical (unpaired) electrons. The number of nitrogens with one attached hydrogen (secondary N) is 1. The van der Waals surface area contributed by atoms with Crippen molar-refractivity contribution in [3.63, 3.8) is 0 Å². The van der Waals surface area contributed by atoms with Gasteiger partial charge in [0.25, 0.3) is 0 Å². The Labute approximate surface area is 98.7 Å². The van der Waals surface area contributed by atoms with Gasteiger partial charge in [-0.1, -0.05) is 51.1 Å². The third kappa shape index (κ3) is 4.33. The molecule has 0 aliphatic heterocycles. The SMILES string of the molecule is CC(C)(C)C(CCO)NCc1ccccc1. The minimum absolute atomic E-state index is 0.178. The van der Waals surface area contributed by atoms with Gasteiger partial charge in [0.05, 0.1) is 0 Å². The molecule has 0 spiro atoms. The van der Waals surface area contributed by atoms with Crippen LogP contribution in [0.5, 0.6) is 0 Å². The highest BCUT2D eigenvalue weighted by atomic mass is 16.3. The van der Waals surface area contributed by atoms with E-state index in [1.54, 1.807) is 0 Å². The summed E-state index contributed by atoms with van der Waals surface area (Å²) in [6.07, 6.45) is 0.802. The predicted octanol–water partition coefficient (Wildman–Crippen LogP) is 2.57. The molecule has 1 aromatic carbocycles. The van der Waals surface area contributed by atoms with Crippen LogP contribution in [-0.2, 0) is 6.54 Å². The molecule has 0 aliphatic rings. The molecule has 0 aromatic heterocycles. The molecule has 0 saturated heterocycles. The van der Waals surface area contributed by atoms with Crippen LogP contribution in [0.1, 0.15) is 32.8 Å². The molecule has 90 valence electrons. The lowest BCUT2D eigenvalue weighted by atomic mass is 9.85. The summed E-state index contributed by atoms with van der Waals surface area (Å²) >= 11 is 0. The van der Waals surface area contributed by atoms with Crippen molar-refractivity contribution in [3.05, 3.63) is 35.9 Å². The van der Waals surface area contributed by atoms with Gasteiger partial charge in [-0.05, 0) is 17.4 Å². The van der Waals surface area contributed by atoms with Gasteiger partial charge in [-0.15, -0.1) is 0 Å². The molecule has 2 nitrogen and oxygen atoms in total. The standard InChI is InChI=1S/C14H23NO/c1-14(2,3)13(9-10-16)15-11-12-7-5-4-6-8-12/h4-8,13,15-16H,9-11H2,1-3H3. The minimum Gasteiger partial charge on any atom is -0.396 e. The maximum Gasteiger partial charge on any atom is 0.0446 e. The molecule has 0 saturated carbocycles. The molecule has 1 aromatic rings. The fraction of sp³-hybridized carbons (Fsp3) is 0.571. The summed E-state index contributed by atoms with van der Waals surface area (Å²) in [4.78, 5) is 0. The van der Waals surface area contributed by atoms with Crippen LogP contribution in [0.15, 0.2) is 30.3 Å². The third-order valence-corrected chi connectivity index (χ3v) is 2.86. The van der Waals surface area contributed by atoms with Crippen LogP contribution >= 0.6 is 0 Å².